The standard InChI is InChI=1S/C17H18N4O3/c1-21-8-13(7-19-21)24-16-10-23-9-15(16)20-17(22)12-2-3-14-11(6-12)4-5-18-14/h2-8,15-16,18H,9-10H2,1H3,(H,20,22)/t15-,16+/m0/s1. The van der Waals surface area contributed by atoms with Crippen molar-refractivity contribution in [2.45, 2.75) is 12.1 Å². The Morgan fingerprint density at radius 1 is 1.42 bits per heavy atom. The molecule has 0 unspecified atom stereocenters. The van der Waals surface area contributed by atoms with Crippen LogP contribution >= 0.6 is 0 Å². The Kier molecular flexibility index (Phi) is 3.70. The minimum Gasteiger partial charge on any atom is -0.482 e. The predicted molar refractivity (Wildman–Crippen MR) is 88.0 cm³/mol. The van der Waals surface area contributed by atoms with Crippen molar-refractivity contribution in [2.24, 2.45) is 7.05 Å². The maximum absolute atomic E-state index is 12.5. The molecule has 0 spiro atoms. The molecule has 0 saturated carbocycles. The van der Waals surface area contributed by atoms with Crippen LogP contribution in [0.1, 0.15) is 10.4 Å². The van der Waals surface area contributed by atoms with Crippen LogP contribution in [0.15, 0.2) is 42.9 Å². The fourth-order valence-electron chi connectivity index (χ4n) is 2.87. The number of ether oxygens (including phenoxy) is 2. The zero-order chi connectivity index (χ0) is 16.5. The highest BCUT2D eigenvalue weighted by Gasteiger charge is 2.32. The van der Waals surface area contributed by atoms with Gasteiger partial charge in [-0.1, -0.05) is 0 Å². The molecule has 2 aromatic heterocycles. The number of nitrogens with zero attached hydrogens (tertiary/aromatic N) is 2. The topological polar surface area (TPSA) is 81.2 Å². The SMILES string of the molecule is Cn1cc(O[C@@H]2COC[C@@H]2NC(=O)c2ccc3[nH]ccc3c2)cn1. The number of aromatic nitrogens is 3. The van der Waals surface area contributed by atoms with Crippen LogP contribution < -0.4 is 10.1 Å². The summed E-state index contributed by atoms with van der Waals surface area (Å²) in [7, 11) is 1.83. The Bertz CT molecular complexity index is 869. The third-order valence-corrected chi connectivity index (χ3v) is 4.13. The highest BCUT2D eigenvalue weighted by atomic mass is 16.5. The summed E-state index contributed by atoms with van der Waals surface area (Å²) < 4.78 is 13.0. The Labute approximate surface area is 138 Å². The van der Waals surface area contributed by atoms with Crippen LogP contribution in [0.25, 0.3) is 10.9 Å². The van der Waals surface area contributed by atoms with Gasteiger partial charge >= 0.3 is 0 Å². The molecular formula is C17H18N4O3. The monoisotopic (exact) mass is 326 g/mol. The Balaban J connectivity index is 1.45. The van der Waals surface area contributed by atoms with Crippen molar-refractivity contribution in [3.8, 4) is 5.75 Å². The smallest absolute Gasteiger partial charge is 0.251 e. The molecule has 1 fully saturated rings. The van der Waals surface area contributed by atoms with Gasteiger partial charge in [0, 0.05) is 29.7 Å². The zero-order valence-electron chi connectivity index (χ0n) is 13.2. The molecule has 124 valence electrons. The predicted octanol–water partition coefficient (Wildman–Crippen LogP) is 1.48. The van der Waals surface area contributed by atoms with Gasteiger partial charge in [0.25, 0.3) is 5.91 Å². The van der Waals surface area contributed by atoms with E-state index in [-0.39, 0.29) is 18.1 Å². The number of carbonyl (C=O) groups excluding carboxylic acids is 1. The van der Waals surface area contributed by atoms with Crippen molar-refractivity contribution in [3.63, 3.8) is 0 Å². The number of hydrogen-bond acceptors (Lipinski definition) is 4. The van der Waals surface area contributed by atoms with Crippen LogP contribution in [0.3, 0.4) is 0 Å². The lowest BCUT2D eigenvalue weighted by Gasteiger charge is -2.19. The Morgan fingerprint density at radius 2 is 2.33 bits per heavy atom. The van der Waals surface area contributed by atoms with Crippen molar-refractivity contribution < 1.29 is 14.3 Å². The summed E-state index contributed by atoms with van der Waals surface area (Å²) in [5.74, 6) is 0.536. The van der Waals surface area contributed by atoms with E-state index in [1.165, 1.54) is 0 Å². The number of benzene rings is 1. The molecule has 3 aromatic rings. The molecule has 1 aliphatic rings. The molecule has 7 nitrogen and oxygen atoms in total. The summed E-state index contributed by atoms with van der Waals surface area (Å²) in [5, 5.41) is 8.09. The van der Waals surface area contributed by atoms with E-state index >= 15 is 0 Å². The fraction of sp³-hybridized carbons (Fsp3) is 0.294. The fourth-order valence-corrected chi connectivity index (χ4v) is 2.87. The average molecular weight is 326 g/mol. The van der Waals surface area contributed by atoms with Gasteiger partial charge in [0.1, 0.15) is 6.10 Å². The van der Waals surface area contributed by atoms with E-state index < -0.39 is 0 Å². The molecular weight excluding hydrogens is 308 g/mol. The van der Waals surface area contributed by atoms with Crippen LogP contribution in [-0.4, -0.2) is 46.0 Å². The normalized spacial score (nSPS) is 20.4. The van der Waals surface area contributed by atoms with Crippen LogP contribution in [0.4, 0.5) is 0 Å². The molecule has 1 amide bonds. The molecule has 0 radical (unpaired) electrons. The molecule has 2 atom stereocenters. The van der Waals surface area contributed by atoms with Crippen molar-refractivity contribution >= 4 is 16.8 Å². The Morgan fingerprint density at radius 3 is 3.17 bits per heavy atom. The van der Waals surface area contributed by atoms with Crippen LogP contribution in [0.5, 0.6) is 5.75 Å². The van der Waals surface area contributed by atoms with E-state index in [1.807, 2.05) is 31.4 Å². The molecule has 1 saturated heterocycles. The van der Waals surface area contributed by atoms with Gasteiger partial charge in [-0.25, -0.2) is 0 Å². The van der Waals surface area contributed by atoms with E-state index in [0.29, 0.717) is 24.5 Å². The minimum atomic E-state index is -0.228. The van der Waals surface area contributed by atoms with Gasteiger partial charge in [0.05, 0.1) is 31.6 Å². The maximum Gasteiger partial charge on any atom is 0.251 e. The highest BCUT2D eigenvalue weighted by Crippen LogP contribution is 2.18. The lowest BCUT2D eigenvalue weighted by atomic mass is 10.1. The number of carbonyl (C=O) groups is 1. The summed E-state index contributed by atoms with van der Waals surface area (Å²) in [5.41, 5.74) is 1.63. The first kappa shape index (κ1) is 14.8. The van der Waals surface area contributed by atoms with Crippen LogP contribution in [-0.2, 0) is 11.8 Å². The van der Waals surface area contributed by atoms with Crippen molar-refractivity contribution in [3.05, 3.63) is 48.4 Å². The zero-order valence-corrected chi connectivity index (χ0v) is 13.2. The summed E-state index contributed by atoms with van der Waals surface area (Å²) in [6, 6.07) is 7.33. The molecule has 1 aromatic carbocycles. The molecule has 0 bridgehead atoms. The summed E-state index contributed by atoms with van der Waals surface area (Å²) in [4.78, 5) is 15.6. The number of amides is 1. The van der Waals surface area contributed by atoms with Gasteiger partial charge in [0.2, 0.25) is 0 Å². The molecule has 0 aliphatic carbocycles. The number of aromatic amines is 1. The third-order valence-electron chi connectivity index (χ3n) is 4.13. The van der Waals surface area contributed by atoms with Crippen molar-refractivity contribution in [2.75, 3.05) is 13.2 Å². The number of aryl methyl sites for hydroxylation is 1. The second kappa shape index (κ2) is 6.01. The highest BCUT2D eigenvalue weighted by molar-refractivity contribution is 5.98. The molecule has 3 heterocycles. The van der Waals surface area contributed by atoms with Gasteiger partial charge in [-0.05, 0) is 24.3 Å². The van der Waals surface area contributed by atoms with Gasteiger partial charge in [-0.2, -0.15) is 5.10 Å². The number of hydrogen-bond donors (Lipinski definition) is 2. The largest absolute Gasteiger partial charge is 0.482 e. The summed E-state index contributed by atoms with van der Waals surface area (Å²) in [6.07, 6.45) is 5.07. The lowest BCUT2D eigenvalue weighted by molar-refractivity contribution is 0.0904. The van der Waals surface area contributed by atoms with Gasteiger partial charge in [0.15, 0.2) is 5.75 Å². The van der Waals surface area contributed by atoms with E-state index in [4.69, 9.17) is 9.47 Å². The van der Waals surface area contributed by atoms with Crippen LogP contribution in [0.2, 0.25) is 0 Å². The first-order chi connectivity index (χ1) is 11.7. The number of rotatable bonds is 4. The van der Waals surface area contributed by atoms with Gasteiger partial charge < -0.3 is 19.8 Å². The first-order valence-corrected chi connectivity index (χ1v) is 7.80. The third kappa shape index (κ3) is 2.85. The van der Waals surface area contributed by atoms with E-state index in [0.717, 1.165) is 10.9 Å². The first-order valence-electron chi connectivity index (χ1n) is 7.80. The number of H-pyrrole nitrogens is 1. The van der Waals surface area contributed by atoms with Gasteiger partial charge in [-0.3, -0.25) is 9.48 Å². The Hall–Kier alpha value is -2.80. The minimum absolute atomic E-state index is 0.131. The van der Waals surface area contributed by atoms with E-state index in [2.05, 4.69) is 15.4 Å². The molecule has 1 aliphatic heterocycles. The molecule has 24 heavy (non-hydrogen) atoms. The molecule has 4 rings (SSSR count). The maximum atomic E-state index is 12.5. The number of fused-ring (bicyclic) bond motifs is 1. The van der Waals surface area contributed by atoms with Gasteiger partial charge in [-0.15, -0.1) is 0 Å². The average Bonchev–Trinajstić information content (AvgIpc) is 3.29. The van der Waals surface area contributed by atoms with E-state index in [9.17, 15) is 4.79 Å². The summed E-state index contributed by atoms with van der Waals surface area (Å²) in [6.45, 7) is 0.875. The van der Waals surface area contributed by atoms with Crippen LogP contribution in [0, 0.1) is 0 Å². The second-order valence-electron chi connectivity index (χ2n) is 5.90. The van der Waals surface area contributed by atoms with E-state index in [1.54, 1.807) is 23.1 Å². The van der Waals surface area contributed by atoms with Crippen molar-refractivity contribution in [1.82, 2.24) is 20.1 Å². The number of nitrogens with one attached hydrogen (secondary N) is 2. The molecule has 7 heteroatoms. The lowest BCUT2D eigenvalue weighted by Crippen LogP contribution is -2.45. The van der Waals surface area contributed by atoms with Crippen molar-refractivity contribution in [1.29, 1.82) is 0 Å². The molecule has 2 N–H and O–H groups in total. The second-order valence-corrected chi connectivity index (χ2v) is 5.90. The summed E-state index contributed by atoms with van der Waals surface area (Å²) >= 11 is 0. The quantitative estimate of drug-likeness (QED) is 0.761.